The molecule has 0 bridgehead atoms. The normalized spacial score (nSPS) is 13.2. The molecule has 0 saturated carbocycles. The number of nitro groups is 1. The average molecular weight is 656 g/mol. The van der Waals surface area contributed by atoms with E-state index >= 15 is 0 Å². The Morgan fingerprint density at radius 2 is 1.31 bits per heavy atom. The van der Waals surface area contributed by atoms with Gasteiger partial charge in [0.25, 0.3) is 5.69 Å². The molecule has 3 rings (SSSR count). The number of nitro benzene ring substituents is 1. The second-order valence-electron chi connectivity index (χ2n) is 16.1. The number of phenols is 1. The number of phenolic OH excluding ortho intramolecular Hbond substituents is 1. The molecule has 7 nitrogen and oxygen atoms in total. The number of carbonyl (C=O) groups excluding carboxylic acids is 1. The van der Waals surface area contributed by atoms with Crippen LogP contribution in [0.1, 0.15) is 130 Å². The fraction of sp³-hybridized carbons (Fsp3) is 0.528. The highest BCUT2D eigenvalue weighted by Gasteiger charge is 2.40. The lowest BCUT2D eigenvalue weighted by Crippen LogP contribution is -2.24. The van der Waals surface area contributed by atoms with E-state index in [9.17, 15) is 20.0 Å². The molecule has 0 amide bonds. The van der Waals surface area contributed by atoms with E-state index in [1.165, 1.54) is 24.1 Å². The monoisotopic (exact) mass is 655 g/mol. The minimum absolute atomic E-state index is 0.0199. The minimum Gasteiger partial charge on any atom is -0.507 e. The minimum atomic E-state index is -0.741. The lowest BCUT2D eigenvalue weighted by Gasteiger charge is -2.32. The third-order valence-corrected chi connectivity index (χ3v) is 9.78. The number of aromatic hydroxyl groups is 1. The lowest BCUT2D eigenvalue weighted by molar-refractivity contribution is -0.389. The quantitative estimate of drug-likeness (QED) is 0.0670. The Kier molecular flexibility index (Phi) is 10.0. The van der Waals surface area contributed by atoms with Crippen LogP contribution in [0.2, 0.25) is 0 Å². The molecule has 0 aliphatic heterocycles. The molecule has 0 radical (unpaired) electrons. The summed E-state index contributed by atoms with van der Waals surface area (Å²) in [5, 5.41) is 24.2. The number of thioether (sulfide) groups is 2. The summed E-state index contributed by atoms with van der Waals surface area (Å²) < 4.78 is 10.7. The van der Waals surface area contributed by atoms with Crippen LogP contribution in [0.25, 0.3) is 0 Å². The molecule has 0 unspecified atom stereocenters. The van der Waals surface area contributed by atoms with Gasteiger partial charge in [0.1, 0.15) is 11.5 Å². The predicted molar refractivity (Wildman–Crippen MR) is 185 cm³/mol. The third-order valence-electron chi connectivity index (χ3n) is 7.29. The van der Waals surface area contributed by atoms with Gasteiger partial charge in [-0.15, -0.1) is 23.5 Å². The molecule has 1 heterocycles. The van der Waals surface area contributed by atoms with Crippen molar-refractivity contribution < 1.29 is 24.0 Å². The molecule has 246 valence electrons. The van der Waals surface area contributed by atoms with Crippen molar-refractivity contribution in [3.8, 4) is 11.5 Å². The Morgan fingerprint density at radius 1 is 0.800 bits per heavy atom. The van der Waals surface area contributed by atoms with Gasteiger partial charge in [0.2, 0.25) is 5.76 Å². The summed E-state index contributed by atoms with van der Waals surface area (Å²) in [7, 11) is 0. The zero-order chi connectivity index (χ0) is 34.5. The number of nitrogens with zero attached hydrogens (tertiary/aromatic N) is 1. The molecule has 0 aliphatic rings. The molecular formula is C36H49NO6S2. The molecule has 0 aliphatic carbocycles. The van der Waals surface area contributed by atoms with E-state index in [4.69, 9.17) is 9.15 Å². The maximum atomic E-state index is 13.1. The number of ether oxygens (including phenoxy) is 1. The van der Waals surface area contributed by atoms with E-state index in [1.54, 1.807) is 17.8 Å². The number of hydrogen-bond donors (Lipinski definition) is 1. The van der Waals surface area contributed by atoms with Crippen molar-refractivity contribution in [3.05, 3.63) is 74.7 Å². The van der Waals surface area contributed by atoms with Crippen molar-refractivity contribution in [1.29, 1.82) is 0 Å². The summed E-state index contributed by atoms with van der Waals surface area (Å²) in [4.78, 5) is 27.1. The number of furan rings is 1. The standard InChI is InChI=1S/C36H49NO6S2/c1-32(2,3)22-18-21(19-23(29(22)38)33(4,5)6)44-36(13,14)45-26-20-24(34(7,8)9)30(43-31(39)25-16-15-17-42-25)27(35(10,11)12)28(26)37(40)41/h15-20,38H,1-14H3. The number of esters is 1. The maximum absolute atomic E-state index is 13.1. The molecule has 2 aromatic carbocycles. The van der Waals surface area contributed by atoms with Crippen molar-refractivity contribution in [2.75, 3.05) is 0 Å². The van der Waals surface area contributed by atoms with E-state index in [2.05, 4.69) is 41.5 Å². The van der Waals surface area contributed by atoms with Gasteiger partial charge in [-0.25, -0.2) is 4.79 Å². The van der Waals surface area contributed by atoms with E-state index in [0.717, 1.165) is 16.0 Å². The van der Waals surface area contributed by atoms with E-state index in [-0.39, 0.29) is 33.0 Å². The van der Waals surface area contributed by atoms with Crippen molar-refractivity contribution >= 4 is 35.2 Å². The Bertz CT molecular complexity index is 1540. The van der Waals surface area contributed by atoms with Gasteiger partial charge in [-0.2, -0.15) is 0 Å². The molecule has 45 heavy (non-hydrogen) atoms. The Morgan fingerprint density at radius 3 is 1.71 bits per heavy atom. The SMILES string of the molecule is CC(C)(Sc1cc(C(C)(C)C)c(O)c(C(C)(C)C)c1)Sc1cc(C(C)(C)C)c(OC(=O)c2ccco2)c(C(C)(C)C)c1[N+](=O)[O-]. The van der Waals surface area contributed by atoms with E-state index in [0.29, 0.717) is 21.8 Å². The van der Waals surface area contributed by atoms with Crippen LogP contribution in [0.15, 0.2) is 50.8 Å². The van der Waals surface area contributed by atoms with E-state index < -0.39 is 20.9 Å². The van der Waals surface area contributed by atoms with Gasteiger partial charge in [-0.05, 0) is 65.8 Å². The van der Waals surface area contributed by atoms with Crippen LogP contribution in [0.5, 0.6) is 11.5 Å². The first kappa shape index (κ1) is 36.6. The summed E-state index contributed by atoms with van der Waals surface area (Å²) in [5.74, 6) is -0.185. The first-order chi connectivity index (χ1) is 20.2. The van der Waals surface area contributed by atoms with Crippen LogP contribution in [0, 0.1) is 10.1 Å². The molecule has 0 saturated heterocycles. The molecule has 0 spiro atoms. The summed E-state index contributed by atoms with van der Waals surface area (Å²) >= 11 is 3.01. The first-order valence-corrected chi connectivity index (χ1v) is 16.8. The van der Waals surface area contributed by atoms with Gasteiger partial charge in [-0.3, -0.25) is 10.1 Å². The smallest absolute Gasteiger partial charge is 0.379 e. The lowest BCUT2D eigenvalue weighted by atomic mass is 9.78. The summed E-state index contributed by atoms with van der Waals surface area (Å²) in [6, 6.07) is 8.97. The molecule has 1 N–H and O–H groups in total. The van der Waals surface area contributed by atoms with Crippen LogP contribution in [-0.4, -0.2) is 20.1 Å². The number of benzene rings is 2. The highest BCUT2D eigenvalue weighted by molar-refractivity contribution is 8.18. The van der Waals surface area contributed by atoms with Crippen molar-refractivity contribution in [2.24, 2.45) is 0 Å². The maximum Gasteiger partial charge on any atom is 0.379 e. The van der Waals surface area contributed by atoms with Crippen LogP contribution in [0.3, 0.4) is 0 Å². The highest BCUT2D eigenvalue weighted by Crippen LogP contribution is 2.55. The van der Waals surface area contributed by atoms with Gasteiger partial charge < -0.3 is 14.3 Å². The molecule has 3 aromatic rings. The van der Waals surface area contributed by atoms with Gasteiger partial charge in [0.05, 0.1) is 25.7 Å². The molecule has 0 atom stereocenters. The second kappa shape index (κ2) is 12.4. The Balaban J connectivity index is 2.25. The number of hydrogen-bond acceptors (Lipinski definition) is 8. The predicted octanol–water partition coefficient (Wildman–Crippen LogP) is 10.9. The van der Waals surface area contributed by atoms with Gasteiger partial charge >= 0.3 is 5.97 Å². The number of rotatable bonds is 7. The third kappa shape index (κ3) is 8.47. The molecule has 1 aromatic heterocycles. The van der Waals surface area contributed by atoms with E-state index in [1.807, 2.05) is 73.6 Å². The van der Waals surface area contributed by atoms with Gasteiger partial charge in [0, 0.05) is 21.6 Å². The largest absolute Gasteiger partial charge is 0.507 e. The highest BCUT2D eigenvalue weighted by atomic mass is 32.2. The fourth-order valence-electron chi connectivity index (χ4n) is 5.17. The van der Waals surface area contributed by atoms with Gasteiger partial charge in [0.15, 0.2) is 0 Å². The zero-order valence-corrected chi connectivity index (χ0v) is 30.8. The molecule has 9 heteroatoms. The van der Waals surface area contributed by atoms with Crippen LogP contribution in [0.4, 0.5) is 5.69 Å². The van der Waals surface area contributed by atoms with Crippen molar-refractivity contribution in [2.45, 2.75) is 132 Å². The first-order valence-electron chi connectivity index (χ1n) is 15.1. The molecular weight excluding hydrogens is 607 g/mol. The van der Waals surface area contributed by atoms with Crippen LogP contribution in [-0.2, 0) is 21.7 Å². The fourth-order valence-corrected chi connectivity index (χ4v) is 7.79. The van der Waals surface area contributed by atoms with Crippen molar-refractivity contribution in [1.82, 2.24) is 0 Å². The van der Waals surface area contributed by atoms with Crippen LogP contribution < -0.4 is 4.74 Å². The second-order valence-corrected chi connectivity index (χ2v) is 19.7. The molecule has 0 fully saturated rings. The summed E-state index contributed by atoms with van der Waals surface area (Å²) in [5.41, 5.74) is 0.859. The summed E-state index contributed by atoms with van der Waals surface area (Å²) in [6.07, 6.45) is 1.39. The Labute approximate surface area is 277 Å². The zero-order valence-electron chi connectivity index (χ0n) is 29.2. The van der Waals surface area contributed by atoms with Gasteiger partial charge in [-0.1, -0.05) is 83.1 Å². The summed E-state index contributed by atoms with van der Waals surface area (Å²) in [6.45, 7) is 28.2. The number of carbonyl (C=O) groups is 1. The Hall–Kier alpha value is -2.91. The van der Waals surface area contributed by atoms with Crippen molar-refractivity contribution in [3.63, 3.8) is 0 Å². The van der Waals surface area contributed by atoms with Crippen LogP contribution >= 0.6 is 23.5 Å². The topological polar surface area (TPSA) is 103 Å². The average Bonchev–Trinajstić information content (AvgIpc) is 3.37.